The maximum atomic E-state index is 13.5. The minimum absolute atomic E-state index is 0.0711. The molecule has 3 aromatic carbocycles. The predicted octanol–water partition coefficient (Wildman–Crippen LogP) is 4.78. The summed E-state index contributed by atoms with van der Waals surface area (Å²) >= 11 is 1.27. The highest BCUT2D eigenvalue weighted by atomic mass is 32.2. The molecule has 5 rings (SSSR count). The van der Waals surface area contributed by atoms with Crippen LogP contribution in [0.1, 0.15) is 10.4 Å². The number of fused-ring (bicyclic) bond motifs is 1. The van der Waals surface area contributed by atoms with Gasteiger partial charge in [-0.3, -0.25) is 9.36 Å². The number of hydrogen-bond donors (Lipinski definition) is 0. The van der Waals surface area contributed by atoms with E-state index in [4.69, 9.17) is 9.47 Å². The van der Waals surface area contributed by atoms with E-state index in [9.17, 15) is 9.18 Å². The first kappa shape index (κ1) is 19.3. The number of benzene rings is 3. The maximum Gasteiger partial charge on any atom is 0.231 e. The third kappa shape index (κ3) is 3.89. The standard InChI is InChI=1S/C23H16FN3O3S/c24-17-7-9-18(10-8-17)27-22(15-4-2-1-3-5-15)25-26-23(27)31-13-19(28)16-6-11-20-21(12-16)30-14-29-20/h1-12H,13-14H2. The van der Waals surface area contributed by atoms with Crippen LogP contribution in [0.25, 0.3) is 17.1 Å². The van der Waals surface area contributed by atoms with Gasteiger partial charge in [0.2, 0.25) is 6.79 Å². The van der Waals surface area contributed by atoms with E-state index in [-0.39, 0.29) is 24.1 Å². The number of hydrogen-bond acceptors (Lipinski definition) is 6. The van der Waals surface area contributed by atoms with Crippen molar-refractivity contribution in [2.45, 2.75) is 5.16 Å². The van der Waals surface area contributed by atoms with Gasteiger partial charge < -0.3 is 9.47 Å². The summed E-state index contributed by atoms with van der Waals surface area (Å²) in [5, 5.41) is 9.17. The monoisotopic (exact) mass is 433 g/mol. The molecule has 0 amide bonds. The van der Waals surface area contributed by atoms with Crippen molar-refractivity contribution in [2.75, 3.05) is 12.5 Å². The Balaban J connectivity index is 1.44. The van der Waals surface area contributed by atoms with Crippen LogP contribution in [0.4, 0.5) is 4.39 Å². The third-order valence-corrected chi connectivity index (χ3v) is 5.71. The second-order valence-corrected chi connectivity index (χ2v) is 7.71. The lowest BCUT2D eigenvalue weighted by atomic mass is 10.1. The van der Waals surface area contributed by atoms with E-state index >= 15 is 0 Å². The number of aromatic nitrogens is 3. The lowest BCUT2D eigenvalue weighted by molar-refractivity contribution is 0.102. The Bertz CT molecular complexity index is 1240. The lowest BCUT2D eigenvalue weighted by Gasteiger charge is -2.10. The zero-order valence-electron chi connectivity index (χ0n) is 16.2. The van der Waals surface area contributed by atoms with E-state index in [1.165, 1.54) is 23.9 Å². The summed E-state index contributed by atoms with van der Waals surface area (Å²) in [5.74, 6) is 1.58. The smallest absolute Gasteiger partial charge is 0.231 e. The van der Waals surface area contributed by atoms with Gasteiger partial charge in [-0.1, -0.05) is 42.1 Å². The van der Waals surface area contributed by atoms with Crippen molar-refractivity contribution in [1.29, 1.82) is 0 Å². The molecule has 0 atom stereocenters. The number of ether oxygens (including phenoxy) is 2. The van der Waals surface area contributed by atoms with Crippen LogP contribution < -0.4 is 9.47 Å². The Morgan fingerprint density at radius 3 is 2.55 bits per heavy atom. The van der Waals surface area contributed by atoms with Crippen LogP contribution in [0, 0.1) is 5.82 Å². The van der Waals surface area contributed by atoms with Crippen LogP contribution in [0.2, 0.25) is 0 Å². The van der Waals surface area contributed by atoms with Crippen molar-refractivity contribution in [3.63, 3.8) is 0 Å². The highest BCUT2D eigenvalue weighted by Gasteiger charge is 2.20. The first-order valence-electron chi connectivity index (χ1n) is 9.51. The molecule has 0 saturated carbocycles. The predicted molar refractivity (Wildman–Crippen MR) is 114 cm³/mol. The molecule has 154 valence electrons. The summed E-state index contributed by atoms with van der Waals surface area (Å²) in [5.41, 5.74) is 2.12. The van der Waals surface area contributed by atoms with Gasteiger partial charge in [0.1, 0.15) is 5.82 Å². The topological polar surface area (TPSA) is 66.2 Å². The van der Waals surface area contributed by atoms with E-state index in [1.807, 2.05) is 34.9 Å². The van der Waals surface area contributed by atoms with Crippen molar-refractivity contribution in [2.24, 2.45) is 0 Å². The van der Waals surface area contributed by atoms with Gasteiger partial charge in [-0.2, -0.15) is 0 Å². The van der Waals surface area contributed by atoms with E-state index in [2.05, 4.69) is 10.2 Å². The zero-order chi connectivity index (χ0) is 21.2. The Labute approximate surface area is 181 Å². The number of nitrogens with zero attached hydrogens (tertiary/aromatic N) is 3. The molecule has 8 heteroatoms. The van der Waals surface area contributed by atoms with E-state index in [1.54, 1.807) is 30.3 Å². The fourth-order valence-corrected chi connectivity index (χ4v) is 4.09. The molecule has 0 N–H and O–H groups in total. The Morgan fingerprint density at radius 2 is 1.74 bits per heavy atom. The van der Waals surface area contributed by atoms with Crippen molar-refractivity contribution < 1.29 is 18.7 Å². The number of carbonyl (C=O) groups is 1. The maximum absolute atomic E-state index is 13.5. The molecule has 0 bridgehead atoms. The molecule has 1 aromatic heterocycles. The second kappa shape index (κ2) is 8.23. The Kier molecular flexibility index (Phi) is 5.13. The molecule has 1 aliphatic heterocycles. The van der Waals surface area contributed by atoms with Crippen LogP contribution in [-0.2, 0) is 0 Å². The molecule has 0 spiro atoms. The summed E-state index contributed by atoms with van der Waals surface area (Å²) in [6.07, 6.45) is 0. The quantitative estimate of drug-likeness (QED) is 0.322. The van der Waals surface area contributed by atoms with Gasteiger partial charge >= 0.3 is 0 Å². The van der Waals surface area contributed by atoms with Crippen molar-refractivity contribution in [1.82, 2.24) is 14.8 Å². The van der Waals surface area contributed by atoms with Gasteiger partial charge in [0, 0.05) is 16.8 Å². The lowest BCUT2D eigenvalue weighted by Crippen LogP contribution is -2.05. The number of thioether (sulfide) groups is 1. The molecule has 2 heterocycles. The summed E-state index contributed by atoms with van der Waals surface area (Å²) in [7, 11) is 0. The molecule has 0 saturated heterocycles. The molecule has 1 aliphatic rings. The molecule has 31 heavy (non-hydrogen) atoms. The second-order valence-electron chi connectivity index (χ2n) is 6.76. The van der Waals surface area contributed by atoms with E-state index < -0.39 is 0 Å². The van der Waals surface area contributed by atoms with E-state index in [0.717, 1.165) is 5.56 Å². The van der Waals surface area contributed by atoms with Gasteiger partial charge in [-0.05, 0) is 42.5 Å². The Morgan fingerprint density at radius 1 is 0.968 bits per heavy atom. The van der Waals surface area contributed by atoms with Crippen LogP contribution in [0.5, 0.6) is 11.5 Å². The molecular formula is C23H16FN3O3S. The van der Waals surface area contributed by atoms with Gasteiger partial charge in [0.05, 0.1) is 5.75 Å². The van der Waals surface area contributed by atoms with Gasteiger partial charge in [-0.15, -0.1) is 10.2 Å². The number of carbonyl (C=O) groups excluding carboxylic acids is 1. The largest absolute Gasteiger partial charge is 0.454 e. The summed E-state index contributed by atoms with van der Waals surface area (Å²) in [6, 6.07) is 20.8. The van der Waals surface area contributed by atoms with Crippen LogP contribution in [-0.4, -0.2) is 33.1 Å². The van der Waals surface area contributed by atoms with Gasteiger partial charge in [-0.25, -0.2) is 4.39 Å². The van der Waals surface area contributed by atoms with Gasteiger partial charge in [0.25, 0.3) is 0 Å². The minimum atomic E-state index is -0.328. The highest BCUT2D eigenvalue weighted by Crippen LogP contribution is 2.33. The normalized spacial score (nSPS) is 12.2. The molecule has 4 aromatic rings. The van der Waals surface area contributed by atoms with Crippen molar-refractivity contribution >= 4 is 17.5 Å². The first-order chi connectivity index (χ1) is 15.2. The highest BCUT2D eigenvalue weighted by molar-refractivity contribution is 7.99. The molecule has 0 fully saturated rings. The first-order valence-corrected chi connectivity index (χ1v) is 10.5. The summed E-state index contributed by atoms with van der Waals surface area (Å²) in [6.45, 7) is 0.158. The fourth-order valence-electron chi connectivity index (χ4n) is 3.24. The average Bonchev–Trinajstić information content (AvgIpc) is 3.45. The van der Waals surface area contributed by atoms with Crippen LogP contribution in [0.3, 0.4) is 0 Å². The number of ketones is 1. The zero-order valence-corrected chi connectivity index (χ0v) is 17.0. The average molecular weight is 433 g/mol. The number of rotatable bonds is 6. The minimum Gasteiger partial charge on any atom is -0.454 e. The molecule has 6 nitrogen and oxygen atoms in total. The van der Waals surface area contributed by atoms with Gasteiger partial charge in [0.15, 0.2) is 28.3 Å². The van der Waals surface area contributed by atoms with E-state index in [0.29, 0.717) is 33.7 Å². The van der Waals surface area contributed by atoms with Crippen LogP contribution >= 0.6 is 11.8 Å². The molecular weight excluding hydrogens is 417 g/mol. The third-order valence-electron chi connectivity index (χ3n) is 4.78. The van der Waals surface area contributed by atoms with Crippen molar-refractivity contribution in [3.8, 4) is 28.6 Å². The summed E-state index contributed by atoms with van der Waals surface area (Å²) < 4.78 is 26.0. The number of halogens is 1. The van der Waals surface area contributed by atoms with Crippen LogP contribution in [0.15, 0.2) is 78.0 Å². The molecule has 0 aliphatic carbocycles. The molecule has 0 radical (unpaired) electrons. The summed E-state index contributed by atoms with van der Waals surface area (Å²) in [4.78, 5) is 12.8. The molecule has 0 unspecified atom stereocenters. The Hall–Kier alpha value is -3.65. The SMILES string of the molecule is O=C(CSc1nnc(-c2ccccc2)n1-c1ccc(F)cc1)c1ccc2c(c1)OCO2. The number of Topliss-reactive ketones (excluding diaryl/α,β-unsaturated/α-hetero) is 1. The van der Waals surface area contributed by atoms with Crippen molar-refractivity contribution in [3.05, 3.63) is 84.2 Å². The fraction of sp³-hybridized carbons (Fsp3) is 0.0870.